The molecule has 1 aliphatic heterocycles. The van der Waals surface area contributed by atoms with E-state index in [-0.39, 0.29) is 17.5 Å². The van der Waals surface area contributed by atoms with Crippen molar-refractivity contribution in [2.24, 2.45) is 0 Å². The molecular weight excluding hydrogens is 374 g/mol. The number of amides is 1. The fourth-order valence-electron chi connectivity index (χ4n) is 3.53. The number of nitrogens with one attached hydrogen (secondary N) is 3. The van der Waals surface area contributed by atoms with Crippen LogP contribution in [0.5, 0.6) is 0 Å². The van der Waals surface area contributed by atoms with Crippen molar-refractivity contribution in [2.45, 2.75) is 30.7 Å². The number of H-pyrrole nitrogens is 2. The zero-order chi connectivity index (χ0) is 19.5. The van der Waals surface area contributed by atoms with Crippen molar-refractivity contribution in [3.05, 3.63) is 52.6 Å². The monoisotopic (exact) mass is 397 g/mol. The quantitative estimate of drug-likeness (QED) is 0.575. The topological polar surface area (TPSA) is 93.9 Å². The molecule has 0 bridgehead atoms. The Balaban J connectivity index is 1.27. The zero-order valence-electron chi connectivity index (χ0n) is 15.7. The van der Waals surface area contributed by atoms with Crippen LogP contribution in [0.15, 0.2) is 46.2 Å². The lowest BCUT2D eigenvalue weighted by atomic mass is 10.1. The van der Waals surface area contributed by atoms with Crippen LogP contribution in [0.2, 0.25) is 0 Å². The number of carbonyl (C=O) groups excluding carboxylic acids is 1. The highest BCUT2D eigenvalue weighted by Crippen LogP contribution is 2.27. The molecular formula is C20H23N5O2S. The number of nitrogens with zero attached hydrogens (tertiary/aromatic N) is 2. The highest BCUT2D eigenvalue weighted by atomic mass is 32.2. The molecule has 8 heteroatoms. The molecule has 3 N–H and O–H groups in total. The van der Waals surface area contributed by atoms with Gasteiger partial charge in [-0.15, -0.1) is 11.8 Å². The van der Waals surface area contributed by atoms with Gasteiger partial charge in [-0.05, 0) is 25.8 Å². The number of para-hydroxylation sites is 1. The van der Waals surface area contributed by atoms with E-state index in [0.29, 0.717) is 17.4 Å². The lowest BCUT2D eigenvalue weighted by Gasteiger charge is -2.32. The van der Waals surface area contributed by atoms with Crippen molar-refractivity contribution in [2.75, 3.05) is 23.7 Å². The van der Waals surface area contributed by atoms with E-state index >= 15 is 0 Å². The van der Waals surface area contributed by atoms with Crippen LogP contribution in [0.1, 0.15) is 18.5 Å². The maximum atomic E-state index is 12.4. The largest absolute Gasteiger partial charge is 0.360 e. The first-order valence-corrected chi connectivity index (χ1v) is 10.4. The molecule has 3 aromatic rings. The summed E-state index contributed by atoms with van der Waals surface area (Å²) in [6.07, 6.45) is 3.62. The van der Waals surface area contributed by atoms with Gasteiger partial charge in [0.15, 0.2) is 0 Å². The fraction of sp³-hybridized carbons (Fsp3) is 0.350. The van der Waals surface area contributed by atoms with Gasteiger partial charge in [-0.1, -0.05) is 18.2 Å². The molecule has 0 spiro atoms. The fourth-order valence-corrected chi connectivity index (χ4v) is 4.37. The Bertz CT molecular complexity index is 1040. The van der Waals surface area contributed by atoms with Gasteiger partial charge in [0.2, 0.25) is 11.9 Å². The highest BCUT2D eigenvalue weighted by Gasteiger charge is 2.22. The van der Waals surface area contributed by atoms with Crippen molar-refractivity contribution < 1.29 is 4.79 Å². The second-order valence-corrected chi connectivity index (χ2v) is 8.04. The number of rotatable bonds is 5. The second-order valence-electron chi connectivity index (χ2n) is 7.03. The molecule has 0 radical (unpaired) electrons. The molecule has 0 aliphatic carbocycles. The molecule has 1 aromatic carbocycles. The van der Waals surface area contributed by atoms with Gasteiger partial charge in [0, 0.05) is 52.9 Å². The number of aromatic nitrogens is 3. The smallest absolute Gasteiger partial charge is 0.252 e. The van der Waals surface area contributed by atoms with Gasteiger partial charge < -0.3 is 15.2 Å². The van der Waals surface area contributed by atoms with Crippen molar-refractivity contribution in [1.82, 2.24) is 20.3 Å². The Morgan fingerprint density at radius 2 is 2.11 bits per heavy atom. The van der Waals surface area contributed by atoms with Crippen LogP contribution < -0.4 is 15.8 Å². The van der Waals surface area contributed by atoms with Crippen molar-refractivity contribution in [1.29, 1.82) is 0 Å². The number of hydrogen-bond acceptors (Lipinski definition) is 5. The highest BCUT2D eigenvalue weighted by molar-refractivity contribution is 8.00. The average molecular weight is 398 g/mol. The second kappa shape index (κ2) is 8.10. The summed E-state index contributed by atoms with van der Waals surface area (Å²) in [7, 11) is 0. The number of aryl methyl sites for hydroxylation is 1. The molecule has 2 aromatic heterocycles. The summed E-state index contributed by atoms with van der Waals surface area (Å²) in [6.45, 7) is 3.33. The summed E-state index contributed by atoms with van der Waals surface area (Å²) in [4.78, 5) is 37.6. The van der Waals surface area contributed by atoms with E-state index < -0.39 is 0 Å². The number of carbonyl (C=O) groups is 1. The Labute approximate surface area is 166 Å². The zero-order valence-corrected chi connectivity index (χ0v) is 16.5. The van der Waals surface area contributed by atoms with Gasteiger partial charge in [0.1, 0.15) is 0 Å². The minimum Gasteiger partial charge on any atom is -0.360 e. The van der Waals surface area contributed by atoms with Crippen molar-refractivity contribution >= 4 is 34.5 Å². The number of piperidine rings is 1. The van der Waals surface area contributed by atoms with Gasteiger partial charge in [-0.3, -0.25) is 14.6 Å². The molecule has 1 amide bonds. The third-order valence-corrected chi connectivity index (χ3v) is 5.98. The number of benzene rings is 1. The Hall–Kier alpha value is -2.74. The van der Waals surface area contributed by atoms with E-state index in [2.05, 4.69) is 31.2 Å². The molecule has 1 fully saturated rings. The predicted molar refractivity (Wildman–Crippen MR) is 112 cm³/mol. The minimum absolute atomic E-state index is 0.0517. The third-order valence-electron chi connectivity index (χ3n) is 4.93. The molecule has 146 valence electrons. The lowest BCUT2D eigenvalue weighted by Crippen LogP contribution is -2.46. The first kappa shape index (κ1) is 18.6. The maximum Gasteiger partial charge on any atom is 0.252 e. The van der Waals surface area contributed by atoms with Crippen LogP contribution in [0, 0.1) is 6.92 Å². The summed E-state index contributed by atoms with van der Waals surface area (Å²) >= 11 is 1.55. The molecule has 3 heterocycles. The molecule has 7 nitrogen and oxygen atoms in total. The van der Waals surface area contributed by atoms with Crippen LogP contribution in [0.4, 0.5) is 5.95 Å². The Kier molecular flexibility index (Phi) is 5.38. The van der Waals surface area contributed by atoms with Gasteiger partial charge in [0.05, 0.1) is 5.75 Å². The number of fused-ring (bicyclic) bond motifs is 1. The molecule has 4 rings (SSSR count). The number of hydrogen-bond donors (Lipinski definition) is 3. The summed E-state index contributed by atoms with van der Waals surface area (Å²) in [5.41, 5.74) is 1.66. The van der Waals surface area contributed by atoms with Crippen LogP contribution >= 0.6 is 11.8 Å². The summed E-state index contributed by atoms with van der Waals surface area (Å²) in [5, 5.41) is 4.28. The van der Waals surface area contributed by atoms with E-state index in [9.17, 15) is 9.59 Å². The summed E-state index contributed by atoms with van der Waals surface area (Å²) in [5.74, 6) is 1.06. The predicted octanol–water partition coefficient (Wildman–Crippen LogP) is 2.44. The van der Waals surface area contributed by atoms with Gasteiger partial charge in [-0.2, -0.15) is 0 Å². The SMILES string of the molecule is Cc1cc(=O)[nH]c(N2CCC(NC(=O)CSc3c[nH]c4ccccc34)CC2)n1. The molecule has 0 saturated carbocycles. The summed E-state index contributed by atoms with van der Waals surface area (Å²) < 4.78 is 0. The van der Waals surface area contributed by atoms with Gasteiger partial charge in [-0.25, -0.2) is 4.98 Å². The van der Waals surface area contributed by atoms with E-state index in [1.165, 1.54) is 6.07 Å². The third kappa shape index (κ3) is 4.22. The number of thioether (sulfide) groups is 1. The molecule has 0 unspecified atom stereocenters. The molecule has 28 heavy (non-hydrogen) atoms. The van der Waals surface area contributed by atoms with E-state index in [1.807, 2.05) is 31.3 Å². The van der Waals surface area contributed by atoms with Gasteiger partial charge >= 0.3 is 0 Å². The maximum absolute atomic E-state index is 12.4. The number of aromatic amines is 2. The van der Waals surface area contributed by atoms with Crippen LogP contribution in [-0.2, 0) is 4.79 Å². The standard InChI is InChI=1S/C20H23N5O2S/c1-13-10-18(26)24-20(22-13)25-8-6-14(7-9-25)23-19(27)12-28-17-11-21-16-5-3-2-4-15(16)17/h2-5,10-11,14,21H,6-9,12H2,1H3,(H,23,27)(H,22,24,26). The van der Waals surface area contributed by atoms with E-state index in [4.69, 9.17) is 0 Å². The minimum atomic E-state index is -0.132. The summed E-state index contributed by atoms with van der Waals surface area (Å²) in [6, 6.07) is 9.74. The first-order chi connectivity index (χ1) is 13.6. The van der Waals surface area contributed by atoms with Crippen LogP contribution in [0.25, 0.3) is 10.9 Å². The Morgan fingerprint density at radius 3 is 2.89 bits per heavy atom. The van der Waals surface area contributed by atoms with Crippen molar-refractivity contribution in [3.8, 4) is 0 Å². The molecule has 1 aliphatic rings. The van der Waals surface area contributed by atoms with Gasteiger partial charge in [0.25, 0.3) is 5.56 Å². The average Bonchev–Trinajstić information content (AvgIpc) is 3.09. The lowest BCUT2D eigenvalue weighted by molar-refractivity contribution is -0.119. The van der Waals surface area contributed by atoms with Crippen molar-refractivity contribution in [3.63, 3.8) is 0 Å². The number of anilines is 1. The van der Waals surface area contributed by atoms with E-state index in [1.54, 1.807) is 11.8 Å². The molecule has 0 atom stereocenters. The normalized spacial score (nSPS) is 15.1. The molecule has 1 saturated heterocycles. The first-order valence-electron chi connectivity index (χ1n) is 9.40. The van der Waals surface area contributed by atoms with Crippen LogP contribution in [0.3, 0.4) is 0 Å². The van der Waals surface area contributed by atoms with Crippen LogP contribution in [-0.4, -0.2) is 45.7 Å². The Morgan fingerprint density at radius 1 is 1.32 bits per heavy atom. The van der Waals surface area contributed by atoms with E-state index in [0.717, 1.165) is 41.7 Å².